The fourth-order valence-electron chi connectivity index (χ4n) is 6.26. The number of benzene rings is 3. The lowest BCUT2D eigenvalue weighted by molar-refractivity contribution is -0.137. The average molecular weight is 581 g/mol. The van der Waals surface area contributed by atoms with Gasteiger partial charge in [0.25, 0.3) is 0 Å². The van der Waals surface area contributed by atoms with Gasteiger partial charge in [-0.2, -0.15) is 18.4 Å². The summed E-state index contributed by atoms with van der Waals surface area (Å²) in [6.07, 6.45) is -2.19. The molecule has 1 amide bonds. The van der Waals surface area contributed by atoms with Crippen molar-refractivity contribution in [1.29, 1.82) is 5.26 Å². The molecule has 2 aliphatic heterocycles. The van der Waals surface area contributed by atoms with Crippen molar-refractivity contribution in [2.24, 2.45) is 0 Å². The van der Waals surface area contributed by atoms with E-state index < -0.39 is 16.8 Å². The number of nitriles is 1. The first-order valence-electron chi connectivity index (χ1n) is 13.8. The molecule has 2 heterocycles. The van der Waals surface area contributed by atoms with Gasteiger partial charge in [-0.1, -0.05) is 41.9 Å². The van der Waals surface area contributed by atoms with E-state index in [4.69, 9.17) is 11.6 Å². The molecule has 2 aliphatic rings. The molecule has 3 aromatic rings. The van der Waals surface area contributed by atoms with Crippen LogP contribution in [-0.4, -0.2) is 47.9 Å². The molecule has 5 rings (SSSR count). The van der Waals surface area contributed by atoms with Crippen LogP contribution < -0.4 is 5.32 Å². The van der Waals surface area contributed by atoms with Gasteiger partial charge in [0, 0.05) is 36.9 Å². The van der Waals surface area contributed by atoms with Crippen molar-refractivity contribution in [3.63, 3.8) is 0 Å². The molecular weight excluding hydrogens is 549 g/mol. The second-order valence-electron chi connectivity index (χ2n) is 11.1. The average Bonchev–Trinajstić information content (AvgIpc) is 2.95. The Hall–Kier alpha value is -3.38. The molecule has 9 heteroatoms. The molecule has 0 aliphatic carbocycles. The van der Waals surface area contributed by atoms with Crippen molar-refractivity contribution >= 4 is 23.2 Å². The Morgan fingerprint density at radius 3 is 2.46 bits per heavy atom. The zero-order chi connectivity index (χ0) is 29.4. The molecule has 1 fully saturated rings. The van der Waals surface area contributed by atoms with E-state index in [-0.39, 0.29) is 23.7 Å². The number of fused-ring (bicyclic) bond motifs is 2. The Morgan fingerprint density at radius 1 is 1.05 bits per heavy atom. The topological polar surface area (TPSA) is 59.4 Å². The highest BCUT2D eigenvalue weighted by atomic mass is 35.5. The van der Waals surface area contributed by atoms with Gasteiger partial charge in [0.15, 0.2) is 0 Å². The predicted molar refractivity (Wildman–Crippen MR) is 155 cm³/mol. The number of nitrogens with one attached hydrogen (secondary N) is 1. The fraction of sp³-hybridized carbons (Fsp3) is 0.375. The maximum atomic E-state index is 13.4. The third kappa shape index (κ3) is 5.99. The van der Waals surface area contributed by atoms with Crippen LogP contribution in [0.25, 0.3) is 11.1 Å². The summed E-state index contributed by atoms with van der Waals surface area (Å²) >= 11 is 5.76. The Morgan fingerprint density at radius 2 is 1.78 bits per heavy atom. The monoisotopic (exact) mass is 580 g/mol. The van der Waals surface area contributed by atoms with Gasteiger partial charge in [0.05, 0.1) is 28.8 Å². The van der Waals surface area contributed by atoms with Crippen molar-refractivity contribution in [1.82, 2.24) is 9.80 Å². The lowest BCUT2D eigenvalue weighted by atomic mass is 9.73. The number of carbonyl (C=O) groups is 1. The zero-order valence-corrected chi connectivity index (χ0v) is 23.8. The molecule has 0 saturated carbocycles. The van der Waals surface area contributed by atoms with E-state index in [1.807, 2.05) is 18.2 Å². The summed E-state index contributed by atoms with van der Waals surface area (Å²) in [7, 11) is 0. The van der Waals surface area contributed by atoms with Crippen LogP contribution in [-0.2, 0) is 22.9 Å². The van der Waals surface area contributed by atoms with E-state index in [0.717, 1.165) is 55.6 Å². The lowest BCUT2D eigenvalue weighted by Crippen LogP contribution is -2.58. The fourth-order valence-corrected chi connectivity index (χ4v) is 6.49. The first-order valence-corrected chi connectivity index (χ1v) is 14.2. The van der Waals surface area contributed by atoms with Gasteiger partial charge in [-0.3, -0.25) is 9.69 Å². The van der Waals surface area contributed by atoms with E-state index >= 15 is 0 Å². The van der Waals surface area contributed by atoms with Crippen LogP contribution in [0.4, 0.5) is 18.9 Å². The minimum absolute atomic E-state index is 0.0665. The van der Waals surface area contributed by atoms with Gasteiger partial charge >= 0.3 is 6.18 Å². The Bertz CT molecular complexity index is 1490. The standard InChI is InChI=1S/C32H32ClF3N4O/c1-21(2)39-14-11-31(12-15-39)27-8-6-24(23-5-3-4-22(16-23)19-37)17-25(27)10-13-40(31)20-30(41)38-26-7-9-29(33)28(18-26)32(34,35)36/h3-9,16-18,21H,10-15,20H2,1-2H3,(H,38,41). The molecule has 3 aromatic carbocycles. The summed E-state index contributed by atoms with van der Waals surface area (Å²) in [6.45, 7) is 6.85. The van der Waals surface area contributed by atoms with Gasteiger partial charge in [-0.05, 0) is 85.7 Å². The van der Waals surface area contributed by atoms with E-state index in [2.05, 4.69) is 53.2 Å². The lowest BCUT2D eigenvalue weighted by Gasteiger charge is -2.53. The Balaban J connectivity index is 1.43. The number of hydrogen-bond donors (Lipinski definition) is 1. The van der Waals surface area contributed by atoms with Crippen LogP contribution in [0.2, 0.25) is 5.02 Å². The van der Waals surface area contributed by atoms with E-state index in [1.54, 1.807) is 6.07 Å². The van der Waals surface area contributed by atoms with Crippen LogP contribution in [0, 0.1) is 11.3 Å². The summed E-state index contributed by atoms with van der Waals surface area (Å²) in [5, 5.41) is 11.6. The molecule has 1 saturated heterocycles. The number of halogens is 4. The summed E-state index contributed by atoms with van der Waals surface area (Å²) in [5.74, 6) is -0.362. The van der Waals surface area contributed by atoms with Crippen molar-refractivity contribution in [2.75, 3.05) is 31.5 Å². The van der Waals surface area contributed by atoms with Gasteiger partial charge in [-0.25, -0.2) is 0 Å². The maximum Gasteiger partial charge on any atom is 0.417 e. The van der Waals surface area contributed by atoms with E-state index in [1.165, 1.54) is 17.2 Å². The van der Waals surface area contributed by atoms with Gasteiger partial charge < -0.3 is 10.2 Å². The summed E-state index contributed by atoms with van der Waals surface area (Å²) in [4.78, 5) is 17.9. The van der Waals surface area contributed by atoms with E-state index in [0.29, 0.717) is 18.2 Å². The summed E-state index contributed by atoms with van der Waals surface area (Å²) < 4.78 is 40.1. The van der Waals surface area contributed by atoms with Gasteiger partial charge in [-0.15, -0.1) is 0 Å². The number of amides is 1. The SMILES string of the molecule is CC(C)N1CCC2(CC1)c1ccc(-c3cccc(C#N)c3)cc1CCN2CC(=O)Nc1ccc(Cl)c(C(F)(F)F)c1. The minimum Gasteiger partial charge on any atom is -0.325 e. The first-order chi connectivity index (χ1) is 19.5. The van der Waals surface area contributed by atoms with Crippen molar-refractivity contribution in [3.8, 4) is 17.2 Å². The number of likely N-dealkylation sites (tertiary alicyclic amines) is 1. The van der Waals surface area contributed by atoms with Gasteiger partial charge in [0.1, 0.15) is 0 Å². The second-order valence-corrected chi connectivity index (χ2v) is 11.5. The molecule has 1 N–H and O–H groups in total. The molecule has 1 spiro atoms. The molecule has 0 bridgehead atoms. The van der Waals surface area contributed by atoms with Crippen molar-refractivity contribution in [2.45, 2.75) is 50.9 Å². The Kier molecular flexibility index (Phi) is 8.15. The maximum absolute atomic E-state index is 13.4. The van der Waals surface area contributed by atoms with Crippen LogP contribution in [0.3, 0.4) is 0 Å². The smallest absolute Gasteiger partial charge is 0.325 e. The highest BCUT2D eigenvalue weighted by Crippen LogP contribution is 2.45. The zero-order valence-electron chi connectivity index (χ0n) is 23.1. The molecule has 41 heavy (non-hydrogen) atoms. The number of alkyl halides is 3. The normalized spacial score (nSPS) is 17.3. The molecule has 0 atom stereocenters. The number of rotatable bonds is 5. The predicted octanol–water partition coefficient (Wildman–Crippen LogP) is 7.09. The number of nitrogens with zero attached hydrogens (tertiary/aromatic N) is 3. The van der Waals surface area contributed by atoms with Crippen molar-refractivity contribution in [3.05, 3.63) is 87.9 Å². The summed E-state index contributed by atoms with van der Waals surface area (Å²) in [6, 6.07) is 20.0. The molecule has 0 unspecified atom stereocenters. The first kappa shape index (κ1) is 29.1. The third-order valence-electron chi connectivity index (χ3n) is 8.43. The molecule has 0 aromatic heterocycles. The van der Waals surface area contributed by atoms with Crippen LogP contribution in [0.5, 0.6) is 0 Å². The highest BCUT2D eigenvalue weighted by molar-refractivity contribution is 6.31. The molecular formula is C32H32ClF3N4O. The largest absolute Gasteiger partial charge is 0.417 e. The van der Waals surface area contributed by atoms with Crippen molar-refractivity contribution < 1.29 is 18.0 Å². The quantitative estimate of drug-likeness (QED) is 0.350. The molecule has 0 radical (unpaired) electrons. The number of carbonyl (C=O) groups excluding carboxylic acids is 1. The van der Waals surface area contributed by atoms with E-state index in [9.17, 15) is 23.2 Å². The summed E-state index contributed by atoms with van der Waals surface area (Å²) in [5.41, 5.74) is 3.80. The highest BCUT2D eigenvalue weighted by Gasteiger charge is 2.45. The van der Waals surface area contributed by atoms with Gasteiger partial charge in [0.2, 0.25) is 5.91 Å². The molecule has 214 valence electrons. The van der Waals surface area contributed by atoms with Crippen LogP contribution in [0.15, 0.2) is 60.7 Å². The Labute approximate surface area is 243 Å². The molecule has 5 nitrogen and oxygen atoms in total. The number of piperidine rings is 1. The van der Waals surface area contributed by atoms with Crippen LogP contribution >= 0.6 is 11.6 Å². The second kappa shape index (κ2) is 11.5. The number of anilines is 1. The minimum atomic E-state index is -4.61. The van der Waals surface area contributed by atoms with Crippen LogP contribution in [0.1, 0.15) is 48.9 Å². The third-order valence-corrected chi connectivity index (χ3v) is 8.76. The number of hydrogen-bond acceptors (Lipinski definition) is 4.